The SMILES string of the molecule is COc1ccc(/C=N\NC(=O)c2cc(C)nn2-c2nnc(C)c(=O)[nH]2)c(OC)c1. The largest absolute Gasteiger partial charge is 0.497 e. The van der Waals surface area contributed by atoms with Gasteiger partial charge in [-0.05, 0) is 32.0 Å². The highest BCUT2D eigenvalue weighted by Gasteiger charge is 2.17. The molecule has 1 aromatic carbocycles. The molecular formula is C18H19N7O4. The molecule has 0 bridgehead atoms. The van der Waals surface area contributed by atoms with Crippen LogP contribution in [-0.4, -0.2) is 51.3 Å². The Kier molecular flexibility index (Phi) is 5.67. The Morgan fingerprint density at radius 2 is 2.00 bits per heavy atom. The summed E-state index contributed by atoms with van der Waals surface area (Å²) in [5, 5.41) is 15.8. The molecule has 0 atom stereocenters. The lowest BCUT2D eigenvalue weighted by atomic mass is 10.2. The van der Waals surface area contributed by atoms with Crippen LogP contribution < -0.4 is 20.5 Å². The van der Waals surface area contributed by atoms with Gasteiger partial charge in [-0.1, -0.05) is 0 Å². The summed E-state index contributed by atoms with van der Waals surface area (Å²) in [6.45, 7) is 3.23. The number of rotatable bonds is 6. The minimum absolute atomic E-state index is 0.0275. The van der Waals surface area contributed by atoms with Crippen molar-refractivity contribution in [2.75, 3.05) is 14.2 Å². The first-order valence-electron chi connectivity index (χ1n) is 8.49. The van der Waals surface area contributed by atoms with Crippen molar-refractivity contribution in [1.29, 1.82) is 0 Å². The van der Waals surface area contributed by atoms with E-state index in [1.54, 1.807) is 38.3 Å². The molecule has 29 heavy (non-hydrogen) atoms. The minimum Gasteiger partial charge on any atom is -0.497 e. The van der Waals surface area contributed by atoms with E-state index in [9.17, 15) is 9.59 Å². The Morgan fingerprint density at radius 1 is 1.21 bits per heavy atom. The molecule has 0 saturated carbocycles. The van der Waals surface area contributed by atoms with Gasteiger partial charge in [0.15, 0.2) is 0 Å². The van der Waals surface area contributed by atoms with Crippen LogP contribution in [0.3, 0.4) is 0 Å². The first-order valence-corrected chi connectivity index (χ1v) is 8.49. The predicted octanol–water partition coefficient (Wildman–Crippen LogP) is 0.749. The van der Waals surface area contributed by atoms with Gasteiger partial charge in [0.25, 0.3) is 17.4 Å². The molecule has 0 spiro atoms. The number of nitrogens with zero attached hydrogens (tertiary/aromatic N) is 5. The second-order valence-corrected chi connectivity index (χ2v) is 5.95. The molecule has 0 aliphatic carbocycles. The van der Waals surface area contributed by atoms with Crippen molar-refractivity contribution in [3.63, 3.8) is 0 Å². The fraction of sp³-hybridized carbons (Fsp3) is 0.222. The van der Waals surface area contributed by atoms with E-state index in [-0.39, 0.29) is 17.3 Å². The summed E-state index contributed by atoms with van der Waals surface area (Å²) in [5.74, 6) is 0.656. The van der Waals surface area contributed by atoms with Crippen LogP contribution in [0.4, 0.5) is 0 Å². The molecule has 0 radical (unpaired) electrons. The molecule has 0 saturated heterocycles. The second-order valence-electron chi connectivity index (χ2n) is 5.95. The number of aromatic nitrogens is 5. The summed E-state index contributed by atoms with van der Waals surface area (Å²) >= 11 is 0. The van der Waals surface area contributed by atoms with Crippen molar-refractivity contribution in [1.82, 2.24) is 30.4 Å². The van der Waals surface area contributed by atoms with Gasteiger partial charge in [-0.25, -0.2) is 5.43 Å². The Morgan fingerprint density at radius 3 is 2.69 bits per heavy atom. The van der Waals surface area contributed by atoms with E-state index in [1.165, 1.54) is 24.9 Å². The summed E-state index contributed by atoms with van der Waals surface area (Å²) in [6, 6.07) is 6.73. The van der Waals surface area contributed by atoms with E-state index < -0.39 is 11.5 Å². The fourth-order valence-corrected chi connectivity index (χ4v) is 2.45. The first-order chi connectivity index (χ1) is 13.9. The lowest BCUT2D eigenvalue weighted by Crippen LogP contribution is -2.24. The zero-order valence-electron chi connectivity index (χ0n) is 16.3. The van der Waals surface area contributed by atoms with Crippen molar-refractivity contribution in [3.05, 3.63) is 57.3 Å². The van der Waals surface area contributed by atoms with Crippen molar-refractivity contribution in [2.45, 2.75) is 13.8 Å². The molecule has 3 aromatic rings. The molecule has 150 valence electrons. The number of amides is 1. The smallest absolute Gasteiger partial charge is 0.290 e. The number of hydrogen-bond acceptors (Lipinski definition) is 8. The van der Waals surface area contributed by atoms with Gasteiger partial charge in [0.2, 0.25) is 0 Å². The van der Waals surface area contributed by atoms with Crippen molar-refractivity contribution in [3.8, 4) is 17.4 Å². The number of aromatic amines is 1. The van der Waals surface area contributed by atoms with Gasteiger partial charge in [0.05, 0.1) is 26.1 Å². The molecule has 11 heteroatoms. The molecule has 2 N–H and O–H groups in total. The quantitative estimate of drug-likeness (QED) is 0.462. The van der Waals surface area contributed by atoms with Crippen molar-refractivity contribution >= 4 is 12.1 Å². The summed E-state index contributed by atoms with van der Waals surface area (Å²) in [5.41, 5.74) is 3.55. The Hall–Kier alpha value is -4.02. The molecule has 0 unspecified atom stereocenters. The Bertz CT molecular complexity index is 1130. The van der Waals surface area contributed by atoms with Crippen LogP contribution in [0.25, 0.3) is 5.95 Å². The van der Waals surface area contributed by atoms with E-state index in [0.717, 1.165) is 0 Å². The lowest BCUT2D eigenvalue weighted by molar-refractivity contribution is 0.0947. The van der Waals surface area contributed by atoms with Gasteiger partial charge in [-0.2, -0.15) is 14.9 Å². The predicted molar refractivity (Wildman–Crippen MR) is 104 cm³/mol. The van der Waals surface area contributed by atoms with Crippen LogP contribution >= 0.6 is 0 Å². The van der Waals surface area contributed by atoms with Gasteiger partial charge in [0, 0.05) is 11.6 Å². The summed E-state index contributed by atoms with van der Waals surface area (Å²) in [4.78, 5) is 26.9. The van der Waals surface area contributed by atoms with Crippen LogP contribution in [0.2, 0.25) is 0 Å². The number of carbonyl (C=O) groups is 1. The molecule has 1 amide bonds. The van der Waals surface area contributed by atoms with Gasteiger partial charge >= 0.3 is 0 Å². The fourth-order valence-electron chi connectivity index (χ4n) is 2.45. The third-order valence-electron chi connectivity index (χ3n) is 3.92. The molecule has 11 nitrogen and oxygen atoms in total. The van der Waals surface area contributed by atoms with Gasteiger partial charge < -0.3 is 9.47 Å². The maximum Gasteiger partial charge on any atom is 0.290 e. The number of carbonyl (C=O) groups excluding carboxylic acids is 1. The Labute approximate surface area is 165 Å². The third-order valence-corrected chi connectivity index (χ3v) is 3.92. The van der Waals surface area contributed by atoms with Gasteiger partial charge in [-0.3, -0.25) is 14.6 Å². The molecule has 2 aromatic heterocycles. The monoisotopic (exact) mass is 397 g/mol. The highest BCUT2D eigenvalue weighted by atomic mass is 16.5. The summed E-state index contributed by atoms with van der Waals surface area (Å²) in [7, 11) is 3.08. The average Bonchev–Trinajstić information content (AvgIpc) is 3.12. The van der Waals surface area contributed by atoms with E-state index >= 15 is 0 Å². The molecular weight excluding hydrogens is 378 g/mol. The van der Waals surface area contributed by atoms with Gasteiger partial charge in [0.1, 0.15) is 22.9 Å². The van der Waals surface area contributed by atoms with Crippen LogP contribution in [-0.2, 0) is 0 Å². The van der Waals surface area contributed by atoms with E-state index in [4.69, 9.17) is 9.47 Å². The number of benzene rings is 1. The first kappa shape index (κ1) is 19.7. The zero-order valence-corrected chi connectivity index (χ0v) is 16.3. The topological polar surface area (TPSA) is 136 Å². The van der Waals surface area contributed by atoms with Crippen LogP contribution in [0.5, 0.6) is 11.5 Å². The van der Waals surface area contributed by atoms with E-state index in [1.807, 2.05) is 0 Å². The number of H-pyrrole nitrogens is 1. The summed E-state index contributed by atoms with van der Waals surface area (Å²) in [6.07, 6.45) is 1.44. The van der Waals surface area contributed by atoms with E-state index in [0.29, 0.717) is 22.8 Å². The van der Waals surface area contributed by atoms with Crippen LogP contribution in [0.15, 0.2) is 34.2 Å². The molecule has 0 fully saturated rings. The number of methoxy groups -OCH3 is 2. The normalized spacial score (nSPS) is 10.9. The zero-order chi connectivity index (χ0) is 21.0. The second kappa shape index (κ2) is 8.33. The maximum atomic E-state index is 12.6. The maximum absolute atomic E-state index is 12.6. The van der Waals surface area contributed by atoms with Crippen LogP contribution in [0, 0.1) is 13.8 Å². The molecule has 0 aliphatic heterocycles. The number of hydrazone groups is 1. The number of nitrogens with one attached hydrogen (secondary N) is 2. The molecule has 3 rings (SSSR count). The number of hydrogen-bond donors (Lipinski definition) is 2. The highest BCUT2D eigenvalue weighted by molar-refractivity contribution is 5.94. The van der Waals surface area contributed by atoms with E-state index in [2.05, 4.69) is 30.8 Å². The third kappa shape index (κ3) is 4.29. The molecule has 0 aliphatic rings. The van der Waals surface area contributed by atoms with Gasteiger partial charge in [-0.15, -0.1) is 10.2 Å². The minimum atomic E-state index is -0.544. The van der Waals surface area contributed by atoms with Crippen molar-refractivity contribution in [2.24, 2.45) is 5.10 Å². The van der Waals surface area contributed by atoms with Crippen LogP contribution in [0.1, 0.15) is 27.4 Å². The lowest BCUT2D eigenvalue weighted by Gasteiger charge is -2.07. The number of aryl methyl sites for hydroxylation is 2. The van der Waals surface area contributed by atoms with Crippen molar-refractivity contribution < 1.29 is 14.3 Å². The summed E-state index contributed by atoms with van der Waals surface area (Å²) < 4.78 is 11.6. The standard InChI is InChI=1S/C18H19N7O4/c1-10-7-14(25(24-10)18-20-16(26)11(2)21-23-18)17(27)22-19-9-12-5-6-13(28-3)8-15(12)29-4/h5-9H,1-4H3,(H,22,27)(H,20,23,26)/b19-9-. The highest BCUT2D eigenvalue weighted by Crippen LogP contribution is 2.23. The molecule has 2 heterocycles. The Balaban J connectivity index is 1.82. The number of ether oxygens (including phenoxy) is 2. The average molecular weight is 397 g/mol.